The summed E-state index contributed by atoms with van der Waals surface area (Å²) in [5.41, 5.74) is 2.06. The number of nitrogens with one attached hydrogen (secondary N) is 1. The van der Waals surface area contributed by atoms with E-state index in [0.29, 0.717) is 11.4 Å². The highest BCUT2D eigenvalue weighted by atomic mass is 32.2. The summed E-state index contributed by atoms with van der Waals surface area (Å²) in [5.74, 6) is 0.413. The summed E-state index contributed by atoms with van der Waals surface area (Å²) in [4.78, 5) is 4.56. The molecular formula is C19H20N4O3S. The molecule has 0 saturated heterocycles. The molecule has 1 aromatic heterocycles. The Morgan fingerprint density at radius 2 is 1.67 bits per heavy atom. The van der Waals surface area contributed by atoms with Crippen molar-refractivity contribution in [1.29, 1.82) is 0 Å². The molecule has 8 heteroatoms. The van der Waals surface area contributed by atoms with E-state index in [1.54, 1.807) is 42.5 Å². The van der Waals surface area contributed by atoms with Gasteiger partial charge in [0.05, 0.1) is 22.0 Å². The Morgan fingerprint density at radius 3 is 2.37 bits per heavy atom. The molecule has 0 radical (unpaired) electrons. The van der Waals surface area contributed by atoms with Crippen LogP contribution in [-0.4, -0.2) is 23.6 Å². The quantitative estimate of drug-likeness (QED) is 0.669. The summed E-state index contributed by atoms with van der Waals surface area (Å²) in [6.07, 6.45) is 1.48. The second-order valence-corrected chi connectivity index (χ2v) is 7.43. The predicted molar refractivity (Wildman–Crippen MR) is 102 cm³/mol. The first-order chi connectivity index (χ1) is 13.0. The molecule has 1 N–H and O–H groups in total. The van der Waals surface area contributed by atoms with Crippen LogP contribution in [0.2, 0.25) is 0 Å². The van der Waals surface area contributed by atoms with Crippen molar-refractivity contribution in [2.45, 2.75) is 31.6 Å². The van der Waals surface area contributed by atoms with E-state index >= 15 is 0 Å². The third kappa shape index (κ3) is 4.59. The molecule has 3 rings (SSSR count). The first-order valence-corrected chi connectivity index (χ1v) is 10.1. The number of aromatic nitrogens is 3. The number of nitrogens with zero attached hydrogens (tertiary/aromatic N) is 3. The number of anilines is 1. The first-order valence-electron chi connectivity index (χ1n) is 8.60. The van der Waals surface area contributed by atoms with Crippen molar-refractivity contribution in [1.82, 2.24) is 15.2 Å². The topological polar surface area (TPSA) is 94.1 Å². The number of ether oxygens (including phenoxy) is 1. The van der Waals surface area contributed by atoms with E-state index in [2.05, 4.69) is 19.9 Å². The van der Waals surface area contributed by atoms with Gasteiger partial charge in [0.2, 0.25) is 0 Å². The average Bonchev–Trinajstić information content (AvgIpc) is 2.68. The minimum atomic E-state index is -3.67. The Bertz CT molecular complexity index is 1020. The van der Waals surface area contributed by atoms with E-state index in [9.17, 15) is 8.42 Å². The molecule has 0 fully saturated rings. The molecule has 0 unspecified atom stereocenters. The minimum Gasteiger partial charge on any atom is -0.423 e. The number of hydrogen-bond donors (Lipinski definition) is 1. The van der Waals surface area contributed by atoms with Crippen molar-refractivity contribution in [2.24, 2.45) is 0 Å². The zero-order valence-corrected chi connectivity index (χ0v) is 15.9. The van der Waals surface area contributed by atoms with Crippen molar-refractivity contribution < 1.29 is 13.2 Å². The van der Waals surface area contributed by atoms with Gasteiger partial charge in [-0.15, -0.1) is 5.10 Å². The monoisotopic (exact) mass is 384 g/mol. The number of aryl methyl sites for hydroxylation is 2. The Kier molecular flexibility index (Phi) is 5.66. The fourth-order valence-corrected chi connectivity index (χ4v) is 3.58. The Morgan fingerprint density at radius 1 is 0.926 bits per heavy atom. The van der Waals surface area contributed by atoms with Gasteiger partial charge >= 0.3 is 6.01 Å². The highest BCUT2D eigenvalue weighted by molar-refractivity contribution is 7.92. The average molecular weight is 384 g/mol. The summed E-state index contributed by atoms with van der Waals surface area (Å²) >= 11 is 0. The lowest BCUT2D eigenvalue weighted by Crippen LogP contribution is -2.12. The summed E-state index contributed by atoms with van der Waals surface area (Å²) in [6, 6.07) is 14.9. The lowest BCUT2D eigenvalue weighted by atomic mass is 10.2. The zero-order chi connectivity index (χ0) is 19.3. The normalized spacial score (nSPS) is 11.2. The number of benzene rings is 2. The fourth-order valence-electron chi connectivity index (χ4n) is 2.51. The smallest absolute Gasteiger partial charge is 0.341 e. The fraction of sp³-hybridized carbons (Fsp3) is 0.211. The largest absolute Gasteiger partial charge is 0.423 e. The molecule has 0 bridgehead atoms. The summed E-state index contributed by atoms with van der Waals surface area (Å²) in [7, 11) is -3.67. The lowest BCUT2D eigenvalue weighted by Gasteiger charge is -2.10. The van der Waals surface area contributed by atoms with Crippen LogP contribution < -0.4 is 9.46 Å². The highest BCUT2D eigenvalue weighted by Gasteiger charge is 2.14. The maximum atomic E-state index is 12.4. The number of sulfonamides is 1. The van der Waals surface area contributed by atoms with Crippen molar-refractivity contribution in [3.05, 3.63) is 66.0 Å². The maximum absolute atomic E-state index is 12.4. The summed E-state index contributed by atoms with van der Waals surface area (Å²) in [6.45, 7) is 3.99. The third-order valence-electron chi connectivity index (χ3n) is 3.84. The van der Waals surface area contributed by atoms with Gasteiger partial charge in [-0.1, -0.05) is 43.2 Å². The molecule has 0 spiro atoms. The standard InChI is InChI=1S/C19H20N4O3S/c1-3-17-18(4-2)21-22-19(20-17)26-15-10-8-9-14(13-15)23-27(24,25)16-11-6-5-7-12-16/h5-13,23H,3-4H2,1-2H3. The van der Waals surface area contributed by atoms with Crippen LogP contribution in [0.1, 0.15) is 25.2 Å². The van der Waals surface area contributed by atoms with Crippen LogP contribution in [0.5, 0.6) is 11.8 Å². The molecule has 0 saturated carbocycles. The molecule has 1 heterocycles. The second-order valence-electron chi connectivity index (χ2n) is 5.74. The van der Waals surface area contributed by atoms with Crippen LogP contribution in [0.25, 0.3) is 0 Å². The third-order valence-corrected chi connectivity index (χ3v) is 5.24. The Labute approximate surface area is 158 Å². The molecule has 0 amide bonds. The maximum Gasteiger partial charge on any atom is 0.341 e. The van der Waals surface area contributed by atoms with Crippen molar-refractivity contribution >= 4 is 15.7 Å². The van der Waals surface area contributed by atoms with Crippen molar-refractivity contribution in [3.8, 4) is 11.8 Å². The minimum absolute atomic E-state index is 0.132. The van der Waals surface area contributed by atoms with Crippen LogP contribution in [0.15, 0.2) is 59.5 Å². The molecule has 0 aliphatic rings. The van der Waals surface area contributed by atoms with Crippen LogP contribution in [-0.2, 0) is 22.9 Å². The Hall–Kier alpha value is -3.00. The predicted octanol–water partition coefficient (Wildman–Crippen LogP) is 3.59. The van der Waals surface area contributed by atoms with Gasteiger partial charge in [-0.05, 0) is 37.1 Å². The van der Waals surface area contributed by atoms with Crippen molar-refractivity contribution in [2.75, 3.05) is 4.72 Å². The van der Waals surface area contributed by atoms with Crippen LogP contribution in [0, 0.1) is 0 Å². The Balaban J connectivity index is 1.80. The lowest BCUT2D eigenvalue weighted by molar-refractivity contribution is 0.428. The molecule has 27 heavy (non-hydrogen) atoms. The molecule has 7 nitrogen and oxygen atoms in total. The summed E-state index contributed by atoms with van der Waals surface area (Å²) in [5, 5.41) is 8.12. The highest BCUT2D eigenvalue weighted by Crippen LogP contribution is 2.24. The first kappa shape index (κ1) is 18.8. The molecule has 0 atom stereocenters. The van der Waals surface area contributed by atoms with Crippen LogP contribution in [0.4, 0.5) is 5.69 Å². The molecule has 0 aliphatic heterocycles. The van der Waals surface area contributed by atoms with E-state index in [1.165, 1.54) is 12.1 Å². The van der Waals surface area contributed by atoms with Gasteiger partial charge in [-0.25, -0.2) is 8.42 Å². The van der Waals surface area contributed by atoms with Gasteiger partial charge in [0.15, 0.2) is 0 Å². The van der Waals surface area contributed by atoms with Gasteiger partial charge in [-0.2, -0.15) is 4.98 Å². The van der Waals surface area contributed by atoms with E-state index in [-0.39, 0.29) is 10.9 Å². The van der Waals surface area contributed by atoms with Gasteiger partial charge in [0.25, 0.3) is 10.0 Å². The zero-order valence-electron chi connectivity index (χ0n) is 15.1. The molecular weight excluding hydrogens is 364 g/mol. The van der Waals surface area contributed by atoms with Crippen LogP contribution in [0.3, 0.4) is 0 Å². The van der Waals surface area contributed by atoms with E-state index in [4.69, 9.17) is 4.74 Å². The number of rotatable bonds is 7. The number of hydrogen-bond acceptors (Lipinski definition) is 6. The van der Waals surface area contributed by atoms with Crippen molar-refractivity contribution in [3.63, 3.8) is 0 Å². The van der Waals surface area contributed by atoms with Gasteiger partial charge in [0.1, 0.15) is 5.75 Å². The van der Waals surface area contributed by atoms with E-state index < -0.39 is 10.0 Å². The van der Waals surface area contributed by atoms with Gasteiger partial charge in [0, 0.05) is 6.07 Å². The molecule has 0 aliphatic carbocycles. The summed E-state index contributed by atoms with van der Waals surface area (Å²) < 4.78 is 33.1. The SMILES string of the molecule is CCc1nnc(Oc2cccc(NS(=O)(=O)c3ccccc3)c2)nc1CC. The molecule has 2 aromatic carbocycles. The van der Waals surface area contributed by atoms with Gasteiger partial charge in [-0.3, -0.25) is 4.72 Å². The molecule has 140 valence electrons. The molecule has 3 aromatic rings. The van der Waals surface area contributed by atoms with E-state index in [1.807, 2.05) is 13.8 Å². The van der Waals surface area contributed by atoms with E-state index in [0.717, 1.165) is 24.2 Å². The van der Waals surface area contributed by atoms with Crippen LogP contribution >= 0.6 is 0 Å². The second kappa shape index (κ2) is 8.13. The van der Waals surface area contributed by atoms with Gasteiger partial charge < -0.3 is 4.74 Å².